The van der Waals surface area contributed by atoms with E-state index in [0.29, 0.717) is 13.0 Å². The lowest BCUT2D eigenvalue weighted by molar-refractivity contribution is -0.138. The number of hydrogen-bond donors (Lipinski definition) is 2. The van der Waals surface area contributed by atoms with Crippen LogP contribution in [0.2, 0.25) is 0 Å². The highest BCUT2D eigenvalue weighted by atomic mass is 79.9. The second kappa shape index (κ2) is 4.79. The monoisotopic (exact) mass is 322 g/mol. The van der Waals surface area contributed by atoms with Crippen molar-refractivity contribution >= 4 is 27.5 Å². The van der Waals surface area contributed by atoms with Crippen LogP contribution in [-0.4, -0.2) is 18.5 Å². The molecule has 7 heteroatoms. The second-order valence-corrected chi connectivity index (χ2v) is 4.82. The molecule has 0 aliphatic carbocycles. The molecule has 2 rings (SSSR count). The Morgan fingerprint density at radius 2 is 2.11 bits per heavy atom. The normalized spacial score (nSPS) is 19.8. The van der Waals surface area contributed by atoms with E-state index in [0.717, 1.165) is 6.07 Å². The lowest BCUT2D eigenvalue weighted by atomic mass is 10.1. The molecule has 0 unspecified atom stereocenters. The van der Waals surface area contributed by atoms with Gasteiger partial charge < -0.3 is 10.6 Å². The molecule has 0 saturated carbocycles. The van der Waals surface area contributed by atoms with Gasteiger partial charge in [-0.05, 0) is 24.6 Å². The van der Waals surface area contributed by atoms with Gasteiger partial charge in [-0.2, -0.15) is 13.2 Å². The molecule has 1 atom stereocenters. The Bertz CT molecular complexity index is 476. The van der Waals surface area contributed by atoms with Crippen molar-refractivity contribution in [3.05, 3.63) is 28.2 Å². The number of amides is 1. The minimum atomic E-state index is -4.42. The van der Waals surface area contributed by atoms with E-state index in [1.165, 1.54) is 12.1 Å². The number of carbonyl (C=O) groups excluding carboxylic acids is 1. The van der Waals surface area contributed by atoms with Gasteiger partial charge in [0.1, 0.15) is 6.04 Å². The van der Waals surface area contributed by atoms with Crippen LogP contribution in [0.4, 0.5) is 18.9 Å². The van der Waals surface area contributed by atoms with Crippen LogP contribution in [-0.2, 0) is 11.0 Å². The van der Waals surface area contributed by atoms with Gasteiger partial charge in [0.15, 0.2) is 0 Å². The first-order valence-corrected chi connectivity index (χ1v) is 6.08. The molecule has 1 fully saturated rings. The van der Waals surface area contributed by atoms with Gasteiger partial charge in [-0.15, -0.1) is 0 Å². The van der Waals surface area contributed by atoms with Gasteiger partial charge in [0.2, 0.25) is 5.91 Å². The standard InChI is InChI=1S/C11H10BrF3N2O/c12-8-2-1-6(5-7(8)11(13,14)15)17-9-3-4-16-10(9)18/h1-2,5,9,17H,3-4H2,(H,16,18)/t9-/m0/s1. The number of alkyl halides is 3. The average molecular weight is 323 g/mol. The Labute approximate surface area is 110 Å². The zero-order valence-electron chi connectivity index (χ0n) is 9.14. The Kier molecular flexibility index (Phi) is 3.52. The maximum absolute atomic E-state index is 12.7. The number of anilines is 1. The number of benzene rings is 1. The maximum atomic E-state index is 12.7. The molecule has 0 bridgehead atoms. The predicted molar refractivity (Wildman–Crippen MR) is 64.2 cm³/mol. The van der Waals surface area contributed by atoms with Crippen molar-refractivity contribution in [2.24, 2.45) is 0 Å². The van der Waals surface area contributed by atoms with Gasteiger partial charge in [-0.3, -0.25) is 4.79 Å². The molecule has 1 aromatic rings. The summed E-state index contributed by atoms with van der Waals surface area (Å²) >= 11 is 2.86. The van der Waals surface area contributed by atoms with E-state index in [-0.39, 0.29) is 16.1 Å². The number of hydrogen-bond acceptors (Lipinski definition) is 2. The predicted octanol–water partition coefficient (Wildman–Crippen LogP) is 2.77. The van der Waals surface area contributed by atoms with Gasteiger partial charge in [-0.1, -0.05) is 15.9 Å². The van der Waals surface area contributed by atoms with Gasteiger partial charge in [0, 0.05) is 16.7 Å². The van der Waals surface area contributed by atoms with Crippen molar-refractivity contribution in [3.63, 3.8) is 0 Å². The largest absolute Gasteiger partial charge is 0.417 e. The van der Waals surface area contributed by atoms with Crippen molar-refractivity contribution in [1.29, 1.82) is 0 Å². The van der Waals surface area contributed by atoms with E-state index in [2.05, 4.69) is 26.6 Å². The molecule has 1 aromatic carbocycles. The zero-order valence-corrected chi connectivity index (χ0v) is 10.7. The Balaban J connectivity index is 2.22. The molecule has 98 valence electrons. The van der Waals surface area contributed by atoms with E-state index >= 15 is 0 Å². The first-order chi connectivity index (χ1) is 8.38. The van der Waals surface area contributed by atoms with E-state index in [9.17, 15) is 18.0 Å². The summed E-state index contributed by atoms with van der Waals surface area (Å²) in [5.41, 5.74) is -0.474. The average Bonchev–Trinajstić information content (AvgIpc) is 2.66. The molecule has 1 saturated heterocycles. The maximum Gasteiger partial charge on any atom is 0.417 e. The van der Waals surface area contributed by atoms with Crippen LogP contribution in [0.5, 0.6) is 0 Å². The van der Waals surface area contributed by atoms with Crippen LogP contribution in [0.3, 0.4) is 0 Å². The van der Waals surface area contributed by atoms with Crippen LogP contribution in [0, 0.1) is 0 Å². The molecule has 1 aliphatic rings. The van der Waals surface area contributed by atoms with Crippen LogP contribution >= 0.6 is 15.9 Å². The fourth-order valence-corrected chi connectivity index (χ4v) is 2.24. The summed E-state index contributed by atoms with van der Waals surface area (Å²) < 4.78 is 38.0. The third-order valence-electron chi connectivity index (χ3n) is 2.66. The third kappa shape index (κ3) is 2.77. The minimum Gasteiger partial charge on any atom is -0.374 e. The van der Waals surface area contributed by atoms with Crippen LogP contribution < -0.4 is 10.6 Å². The van der Waals surface area contributed by atoms with E-state index in [1.54, 1.807) is 0 Å². The molecule has 1 aliphatic heterocycles. The fourth-order valence-electron chi connectivity index (χ4n) is 1.77. The molecule has 0 radical (unpaired) electrons. The first kappa shape index (κ1) is 13.2. The molecule has 18 heavy (non-hydrogen) atoms. The summed E-state index contributed by atoms with van der Waals surface area (Å²) in [7, 11) is 0. The minimum absolute atomic E-state index is 0.0172. The van der Waals surface area contributed by atoms with E-state index in [4.69, 9.17) is 0 Å². The number of carbonyl (C=O) groups is 1. The van der Waals surface area contributed by atoms with Crippen molar-refractivity contribution < 1.29 is 18.0 Å². The van der Waals surface area contributed by atoms with Crippen LogP contribution in [0.25, 0.3) is 0 Å². The smallest absolute Gasteiger partial charge is 0.374 e. The molecule has 2 N–H and O–H groups in total. The highest BCUT2D eigenvalue weighted by molar-refractivity contribution is 9.10. The summed E-state index contributed by atoms with van der Waals surface area (Å²) in [6.45, 7) is 0.541. The summed E-state index contributed by atoms with van der Waals surface area (Å²) in [5.74, 6) is -0.188. The second-order valence-electron chi connectivity index (χ2n) is 3.97. The molecular formula is C11H10BrF3N2O. The molecule has 1 amide bonds. The van der Waals surface area contributed by atoms with Crippen LogP contribution in [0.1, 0.15) is 12.0 Å². The zero-order chi connectivity index (χ0) is 13.3. The highest BCUT2D eigenvalue weighted by Crippen LogP contribution is 2.36. The van der Waals surface area contributed by atoms with E-state index < -0.39 is 17.8 Å². The number of nitrogens with one attached hydrogen (secondary N) is 2. The molecule has 1 heterocycles. The number of rotatable bonds is 2. The van der Waals surface area contributed by atoms with Crippen molar-refractivity contribution in [3.8, 4) is 0 Å². The quantitative estimate of drug-likeness (QED) is 0.879. The first-order valence-electron chi connectivity index (χ1n) is 5.29. The Hall–Kier alpha value is -1.24. The molecular weight excluding hydrogens is 313 g/mol. The summed E-state index contributed by atoms with van der Waals surface area (Å²) in [5, 5.41) is 5.41. The van der Waals surface area contributed by atoms with Gasteiger partial charge >= 0.3 is 6.18 Å². The molecule has 3 nitrogen and oxygen atoms in total. The van der Waals surface area contributed by atoms with E-state index in [1.807, 2.05) is 0 Å². The van der Waals surface area contributed by atoms with Gasteiger partial charge in [0.05, 0.1) is 5.56 Å². The summed E-state index contributed by atoms with van der Waals surface area (Å²) in [4.78, 5) is 11.3. The lowest BCUT2D eigenvalue weighted by Crippen LogP contribution is -2.29. The summed E-state index contributed by atoms with van der Waals surface area (Å²) in [6.07, 6.45) is -3.86. The highest BCUT2D eigenvalue weighted by Gasteiger charge is 2.33. The Morgan fingerprint density at radius 1 is 1.39 bits per heavy atom. The molecule has 0 spiro atoms. The number of halogens is 4. The van der Waals surface area contributed by atoms with Crippen molar-refractivity contribution in [1.82, 2.24) is 5.32 Å². The SMILES string of the molecule is O=C1NCC[C@@H]1Nc1ccc(Br)c(C(F)(F)F)c1. The Morgan fingerprint density at radius 3 is 2.67 bits per heavy atom. The fraction of sp³-hybridized carbons (Fsp3) is 0.364. The topological polar surface area (TPSA) is 41.1 Å². The van der Waals surface area contributed by atoms with Crippen molar-refractivity contribution in [2.45, 2.75) is 18.6 Å². The van der Waals surface area contributed by atoms with Gasteiger partial charge in [-0.25, -0.2) is 0 Å². The van der Waals surface area contributed by atoms with Gasteiger partial charge in [0.25, 0.3) is 0 Å². The summed E-state index contributed by atoms with van der Waals surface area (Å²) in [6, 6.07) is 3.35. The molecule has 0 aromatic heterocycles. The van der Waals surface area contributed by atoms with Crippen LogP contribution in [0.15, 0.2) is 22.7 Å². The van der Waals surface area contributed by atoms with Crippen molar-refractivity contribution in [2.75, 3.05) is 11.9 Å². The third-order valence-corrected chi connectivity index (χ3v) is 3.35. The lowest BCUT2D eigenvalue weighted by Gasteiger charge is -2.15.